The van der Waals surface area contributed by atoms with Crippen molar-refractivity contribution >= 4 is 29.1 Å². The lowest BCUT2D eigenvalue weighted by Crippen LogP contribution is -2.13. The molecule has 7 heteroatoms. The van der Waals surface area contributed by atoms with Gasteiger partial charge in [-0.2, -0.15) is 9.78 Å². The summed E-state index contributed by atoms with van der Waals surface area (Å²) in [6, 6.07) is 15.4. The average Bonchev–Trinajstić information content (AvgIpc) is 3.05. The molecule has 0 amide bonds. The van der Waals surface area contributed by atoms with Crippen molar-refractivity contribution in [3.8, 4) is 17.1 Å². The van der Waals surface area contributed by atoms with Gasteiger partial charge in [-0.15, -0.1) is 10.2 Å². The minimum Gasteiger partial charge on any atom is -0.497 e. The molecule has 0 aliphatic carbocycles. The quantitative estimate of drug-likeness (QED) is 0.712. The standard InChI is InChI=1S/C17H13ClN4OS/c1-23-14-4-2-3-12(9-14)16-19-20-17-22(16)21-15(10-24-17)11-5-7-13(18)8-6-11/h2-9H,10H2,1H3. The first kappa shape index (κ1) is 15.2. The first-order valence-corrected chi connectivity index (χ1v) is 8.67. The third kappa shape index (κ3) is 2.79. The largest absolute Gasteiger partial charge is 0.497 e. The molecule has 1 aliphatic heterocycles. The normalized spacial score (nSPS) is 13.3. The first-order chi connectivity index (χ1) is 11.7. The Balaban J connectivity index is 1.77. The van der Waals surface area contributed by atoms with Gasteiger partial charge in [0.2, 0.25) is 5.16 Å². The molecule has 1 aromatic heterocycles. The third-order valence-electron chi connectivity index (χ3n) is 3.68. The SMILES string of the molecule is COc1cccc(-c2nnc3n2N=C(c2ccc(Cl)cc2)CS3)c1. The molecule has 2 aromatic carbocycles. The fourth-order valence-corrected chi connectivity index (χ4v) is 3.42. The van der Waals surface area contributed by atoms with E-state index in [1.54, 1.807) is 23.5 Å². The molecule has 0 atom stereocenters. The first-order valence-electron chi connectivity index (χ1n) is 7.31. The molecule has 0 bridgehead atoms. The number of methoxy groups -OCH3 is 1. The minimum absolute atomic E-state index is 0.697. The summed E-state index contributed by atoms with van der Waals surface area (Å²) in [5.41, 5.74) is 2.92. The smallest absolute Gasteiger partial charge is 0.212 e. The van der Waals surface area contributed by atoms with Crippen LogP contribution >= 0.6 is 23.4 Å². The van der Waals surface area contributed by atoms with Crippen LogP contribution in [0.1, 0.15) is 5.56 Å². The molecule has 0 spiro atoms. The van der Waals surface area contributed by atoms with Crippen LogP contribution in [0.5, 0.6) is 5.75 Å². The van der Waals surface area contributed by atoms with Crippen LogP contribution < -0.4 is 4.74 Å². The van der Waals surface area contributed by atoms with Gasteiger partial charge >= 0.3 is 0 Å². The Morgan fingerprint density at radius 3 is 2.71 bits per heavy atom. The molecule has 5 nitrogen and oxygen atoms in total. The van der Waals surface area contributed by atoms with Gasteiger partial charge in [0, 0.05) is 16.3 Å². The van der Waals surface area contributed by atoms with E-state index in [0.29, 0.717) is 10.8 Å². The number of nitrogens with zero attached hydrogens (tertiary/aromatic N) is 4. The van der Waals surface area contributed by atoms with E-state index in [4.69, 9.17) is 21.4 Å². The molecule has 0 N–H and O–H groups in total. The van der Waals surface area contributed by atoms with Crippen molar-refractivity contribution in [2.75, 3.05) is 12.9 Å². The lowest BCUT2D eigenvalue weighted by Gasteiger charge is -2.14. The maximum atomic E-state index is 5.97. The lowest BCUT2D eigenvalue weighted by molar-refractivity contribution is 0.415. The van der Waals surface area contributed by atoms with Crippen molar-refractivity contribution in [2.24, 2.45) is 5.10 Å². The summed E-state index contributed by atoms with van der Waals surface area (Å²) in [5.74, 6) is 2.22. The predicted octanol–water partition coefficient (Wildman–Crippen LogP) is 3.97. The lowest BCUT2D eigenvalue weighted by atomic mass is 10.1. The molecule has 0 saturated heterocycles. The maximum absolute atomic E-state index is 5.97. The van der Waals surface area contributed by atoms with Crippen LogP contribution in [-0.2, 0) is 0 Å². The van der Waals surface area contributed by atoms with Crippen LogP contribution in [-0.4, -0.2) is 33.4 Å². The highest BCUT2D eigenvalue weighted by Crippen LogP contribution is 2.30. The second kappa shape index (κ2) is 6.30. The Morgan fingerprint density at radius 2 is 1.92 bits per heavy atom. The van der Waals surface area contributed by atoms with Crippen LogP contribution in [0, 0.1) is 0 Å². The molecule has 3 aromatic rings. The number of halogens is 1. The van der Waals surface area contributed by atoms with Crippen LogP contribution in [0.3, 0.4) is 0 Å². The van der Waals surface area contributed by atoms with Gasteiger partial charge in [-0.1, -0.05) is 47.6 Å². The van der Waals surface area contributed by atoms with Crippen molar-refractivity contribution < 1.29 is 4.74 Å². The van der Waals surface area contributed by atoms with Crippen molar-refractivity contribution in [2.45, 2.75) is 5.16 Å². The molecule has 0 fully saturated rings. The molecule has 24 heavy (non-hydrogen) atoms. The topological polar surface area (TPSA) is 52.3 Å². The molecule has 2 heterocycles. The van der Waals surface area contributed by atoms with Gasteiger partial charge in [0.25, 0.3) is 0 Å². The molecule has 1 aliphatic rings. The molecule has 0 unspecified atom stereocenters. The minimum atomic E-state index is 0.697. The second-order valence-electron chi connectivity index (χ2n) is 5.19. The summed E-state index contributed by atoms with van der Waals surface area (Å²) in [4.78, 5) is 0. The van der Waals surface area contributed by atoms with E-state index in [2.05, 4.69) is 10.2 Å². The molecule has 0 saturated carbocycles. The highest BCUT2D eigenvalue weighted by atomic mass is 35.5. The van der Waals surface area contributed by atoms with Crippen LogP contribution in [0.4, 0.5) is 0 Å². The van der Waals surface area contributed by atoms with E-state index < -0.39 is 0 Å². The zero-order valence-electron chi connectivity index (χ0n) is 12.8. The van der Waals surface area contributed by atoms with Crippen molar-refractivity contribution in [3.63, 3.8) is 0 Å². The number of hydrogen-bond acceptors (Lipinski definition) is 5. The van der Waals surface area contributed by atoms with Gasteiger partial charge in [-0.3, -0.25) is 0 Å². The van der Waals surface area contributed by atoms with E-state index in [1.165, 1.54) is 0 Å². The van der Waals surface area contributed by atoms with Gasteiger partial charge < -0.3 is 4.74 Å². The van der Waals surface area contributed by atoms with Crippen molar-refractivity contribution in [3.05, 3.63) is 59.1 Å². The fourth-order valence-electron chi connectivity index (χ4n) is 2.45. The number of aromatic nitrogens is 3. The molecule has 4 rings (SSSR count). The van der Waals surface area contributed by atoms with Gasteiger partial charge in [-0.05, 0) is 29.8 Å². The second-order valence-corrected chi connectivity index (χ2v) is 6.57. The summed E-state index contributed by atoms with van der Waals surface area (Å²) in [5, 5.41) is 14.8. The number of rotatable bonds is 3. The summed E-state index contributed by atoms with van der Waals surface area (Å²) >= 11 is 7.58. The highest BCUT2D eigenvalue weighted by molar-refractivity contribution is 7.99. The molecular weight excluding hydrogens is 344 g/mol. The van der Waals surface area contributed by atoms with Gasteiger partial charge in [-0.25, -0.2) is 0 Å². The molecule has 0 radical (unpaired) electrons. The summed E-state index contributed by atoms with van der Waals surface area (Å²) < 4.78 is 7.07. The van der Waals surface area contributed by atoms with E-state index in [0.717, 1.165) is 33.5 Å². The number of benzene rings is 2. The fraction of sp³-hybridized carbons (Fsp3) is 0.118. The summed E-state index contributed by atoms with van der Waals surface area (Å²) in [7, 11) is 1.64. The van der Waals surface area contributed by atoms with Crippen LogP contribution in [0.2, 0.25) is 5.02 Å². The Bertz CT molecular complexity index is 921. The van der Waals surface area contributed by atoms with Gasteiger partial charge in [0.1, 0.15) is 5.75 Å². The highest BCUT2D eigenvalue weighted by Gasteiger charge is 2.20. The van der Waals surface area contributed by atoms with E-state index in [-0.39, 0.29) is 0 Å². The summed E-state index contributed by atoms with van der Waals surface area (Å²) in [6.45, 7) is 0. The van der Waals surface area contributed by atoms with E-state index >= 15 is 0 Å². The third-order valence-corrected chi connectivity index (χ3v) is 4.86. The van der Waals surface area contributed by atoms with Gasteiger partial charge in [0.15, 0.2) is 5.82 Å². The number of ether oxygens (including phenoxy) is 1. The number of thioether (sulfide) groups is 1. The Kier molecular flexibility index (Phi) is 4.00. The zero-order valence-corrected chi connectivity index (χ0v) is 14.4. The Hall–Kier alpha value is -2.31. The van der Waals surface area contributed by atoms with Crippen molar-refractivity contribution in [1.29, 1.82) is 0 Å². The number of fused-ring (bicyclic) bond motifs is 1. The van der Waals surface area contributed by atoms with E-state index in [9.17, 15) is 0 Å². The summed E-state index contributed by atoms with van der Waals surface area (Å²) in [6.07, 6.45) is 0. The Morgan fingerprint density at radius 1 is 1.08 bits per heavy atom. The van der Waals surface area contributed by atoms with Crippen molar-refractivity contribution in [1.82, 2.24) is 14.9 Å². The zero-order chi connectivity index (χ0) is 16.5. The van der Waals surface area contributed by atoms with Crippen LogP contribution in [0.25, 0.3) is 11.4 Å². The monoisotopic (exact) mass is 356 g/mol. The number of hydrogen-bond donors (Lipinski definition) is 0. The molecular formula is C17H13ClN4OS. The van der Waals surface area contributed by atoms with E-state index in [1.807, 2.05) is 48.5 Å². The van der Waals surface area contributed by atoms with Gasteiger partial charge in [0.05, 0.1) is 12.8 Å². The predicted molar refractivity (Wildman–Crippen MR) is 96.1 cm³/mol. The average molecular weight is 357 g/mol. The maximum Gasteiger partial charge on any atom is 0.212 e. The molecule has 120 valence electrons. The van der Waals surface area contributed by atoms with Crippen LogP contribution in [0.15, 0.2) is 58.8 Å². The Labute approximate surface area is 148 Å².